The molecular weight excluding hydrogens is 154 g/mol. The van der Waals surface area contributed by atoms with E-state index in [-0.39, 0.29) is 5.76 Å². The molecule has 3 heteroatoms. The third-order valence-electron chi connectivity index (χ3n) is 1.56. The zero-order chi connectivity index (χ0) is 9.03. The second-order valence-electron chi connectivity index (χ2n) is 2.59. The van der Waals surface area contributed by atoms with Crippen LogP contribution in [0.15, 0.2) is 24.0 Å². The van der Waals surface area contributed by atoms with Crippen molar-refractivity contribution >= 4 is 0 Å². The van der Waals surface area contributed by atoms with Crippen molar-refractivity contribution in [2.24, 2.45) is 0 Å². The number of allylic oxidation sites excluding steroid dienone is 1. The Morgan fingerprint density at radius 1 is 1.67 bits per heavy atom. The first-order valence-electron chi connectivity index (χ1n) is 3.66. The van der Waals surface area contributed by atoms with Gasteiger partial charge in [0.05, 0.1) is 0 Å². The van der Waals surface area contributed by atoms with E-state index in [2.05, 4.69) is 17.3 Å². The van der Waals surface area contributed by atoms with Gasteiger partial charge in [0.15, 0.2) is 5.72 Å². The van der Waals surface area contributed by atoms with Crippen molar-refractivity contribution in [2.45, 2.75) is 19.1 Å². The van der Waals surface area contributed by atoms with E-state index in [4.69, 9.17) is 5.11 Å². The fourth-order valence-corrected chi connectivity index (χ4v) is 0.883. The minimum Gasteiger partial charge on any atom is -0.508 e. The molecule has 1 atom stereocenters. The summed E-state index contributed by atoms with van der Waals surface area (Å²) in [6, 6.07) is 2.56. The molecule has 12 heavy (non-hydrogen) atoms. The number of nitrogens with one attached hydrogen (secondary N) is 1. The smallest absolute Gasteiger partial charge is 0.165 e. The van der Waals surface area contributed by atoms with Gasteiger partial charge in [-0.05, 0) is 25.2 Å². The quantitative estimate of drug-likeness (QED) is 0.304. The molecule has 3 nitrogen and oxygen atoms in total. The maximum atomic E-state index is 9.66. The molecule has 1 aliphatic rings. The minimum atomic E-state index is -1.13. The zero-order valence-electron chi connectivity index (χ0n) is 6.83. The Kier molecular flexibility index (Phi) is 2.41. The molecule has 0 fully saturated rings. The molecule has 1 unspecified atom stereocenters. The molecule has 64 valence electrons. The van der Waals surface area contributed by atoms with E-state index >= 15 is 0 Å². The van der Waals surface area contributed by atoms with Crippen LogP contribution in [0.3, 0.4) is 0 Å². The monoisotopic (exact) mass is 165 g/mol. The average molecular weight is 165 g/mol. The Morgan fingerprint density at radius 3 is 2.92 bits per heavy atom. The van der Waals surface area contributed by atoms with Gasteiger partial charge in [-0.1, -0.05) is 5.92 Å². The maximum Gasteiger partial charge on any atom is 0.165 e. The van der Waals surface area contributed by atoms with Gasteiger partial charge in [0.25, 0.3) is 0 Å². The second-order valence-corrected chi connectivity index (χ2v) is 2.59. The Balaban J connectivity index is 2.63. The molecular formula is C9H11NO2. The number of rotatable bonds is 1. The number of aliphatic hydroxyl groups excluding tert-OH is 1. The van der Waals surface area contributed by atoms with Crippen LogP contribution >= 0.6 is 0 Å². The van der Waals surface area contributed by atoms with Crippen LogP contribution in [0.2, 0.25) is 0 Å². The molecule has 3 N–H and O–H groups in total. The molecule has 0 saturated carbocycles. The second kappa shape index (κ2) is 3.33. The average Bonchev–Trinajstić information content (AvgIpc) is 2.08. The molecule has 0 radical (unpaired) electrons. The topological polar surface area (TPSA) is 52.5 Å². The van der Waals surface area contributed by atoms with Crippen molar-refractivity contribution in [1.82, 2.24) is 5.32 Å². The fraction of sp³-hybridized carbons (Fsp3) is 0.333. The SMILES string of the molecule is CC#CNC1(O)C=CC(O)=CC1. The lowest BCUT2D eigenvalue weighted by Crippen LogP contribution is -2.40. The van der Waals surface area contributed by atoms with E-state index in [1.807, 2.05) is 0 Å². The molecule has 0 saturated heterocycles. The van der Waals surface area contributed by atoms with Crippen molar-refractivity contribution in [2.75, 3.05) is 0 Å². The predicted molar refractivity (Wildman–Crippen MR) is 46.0 cm³/mol. The van der Waals surface area contributed by atoms with Crippen LogP contribution in [0, 0.1) is 12.0 Å². The van der Waals surface area contributed by atoms with Gasteiger partial charge in [0.2, 0.25) is 0 Å². The lowest BCUT2D eigenvalue weighted by molar-refractivity contribution is 0.0723. The van der Waals surface area contributed by atoms with Gasteiger partial charge >= 0.3 is 0 Å². The van der Waals surface area contributed by atoms with Gasteiger partial charge in [-0.15, -0.1) is 0 Å². The first-order chi connectivity index (χ1) is 5.66. The van der Waals surface area contributed by atoms with E-state index < -0.39 is 5.72 Å². The number of aliphatic hydroxyl groups is 2. The molecule has 0 spiro atoms. The summed E-state index contributed by atoms with van der Waals surface area (Å²) in [5, 5.41) is 21.3. The van der Waals surface area contributed by atoms with Crippen molar-refractivity contribution in [1.29, 1.82) is 0 Å². The Hall–Kier alpha value is -1.40. The fourth-order valence-electron chi connectivity index (χ4n) is 0.883. The molecule has 0 bridgehead atoms. The van der Waals surface area contributed by atoms with Crippen LogP contribution in [0.5, 0.6) is 0 Å². The summed E-state index contributed by atoms with van der Waals surface area (Å²) in [4.78, 5) is 0. The van der Waals surface area contributed by atoms with Gasteiger partial charge in [-0.3, -0.25) is 0 Å². The van der Waals surface area contributed by atoms with Crippen LogP contribution in [-0.4, -0.2) is 15.9 Å². The summed E-state index contributed by atoms with van der Waals surface area (Å²) < 4.78 is 0. The molecule has 0 heterocycles. The molecule has 0 aromatic rings. The van der Waals surface area contributed by atoms with Crippen LogP contribution in [-0.2, 0) is 0 Å². The number of hydrogen-bond acceptors (Lipinski definition) is 3. The molecule has 1 rings (SSSR count). The highest BCUT2D eigenvalue weighted by Crippen LogP contribution is 2.16. The van der Waals surface area contributed by atoms with Gasteiger partial charge in [-0.2, -0.15) is 0 Å². The van der Waals surface area contributed by atoms with Crippen LogP contribution in [0.25, 0.3) is 0 Å². The largest absolute Gasteiger partial charge is 0.508 e. The highest BCUT2D eigenvalue weighted by atomic mass is 16.3. The molecule has 0 aromatic carbocycles. The number of hydrogen-bond donors (Lipinski definition) is 3. The standard InChI is InChI=1S/C9H11NO2/c1-2-7-10-9(12)5-3-8(11)4-6-9/h3-5,10-12H,6H2,1H3. The molecule has 0 amide bonds. The summed E-state index contributed by atoms with van der Waals surface area (Å²) in [6.45, 7) is 1.68. The predicted octanol–water partition coefficient (Wildman–Crippen LogP) is 0.647. The van der Waals surface area contributed by atoms with Gasteiger partial charge < -0.3 is 15.5 Å². The third-order valence-corrected chi connectivity index (χ3v) is 1.56. The normalized spacial score (nSPS) is 27.0. The van der Waals surface area contributed by atoms with E-state index in [1.54, 1.807) is 6.92 Å². The van der Waals surface area contributed by atoms with Crippen molar-refractivity contribution in [3.8, 4) is 12.0 Å². The van der Waals surface area contributed by atoms with E-state index in [1.165, 1.54) is 18.2 Å². The van der Waals surface area contributed by atoms with Gasteiger partial charge in [-0.25, -0.2) is 0 Å². The first kappa shape index (κ1) is 8.69. The Morgan fingerprint density at radius 2 is 2.42 bits per heavy atom. The zero-order valence-corrected chi connectivity index (χ0v) is 6.83. The van der Waals surface area contributed by atoms with Gasteiger partial charge in [0.1, 0.15) is 5.76 Å². The van der Waals surface area contributed by atoms with E-state index in [0.717, 1.165) is 0 Å². The third kappa shape index (κ3) is 2.04. The summed E-state index contributed by atoms with van der Waals surface area (Å²) in [5.41, 5.74) is -1.13. The van der Waals surface area contributed by atoms with Crippen LogP contribution in [0.4, 0.5) is 0 Å². The van der Waals surface area contributed by atoms with Crippen LogP contribution < -0.4 is 5.32 Å². The highest BCUT2D eigenvalue weighted by Gasteiger charge is 2.23. The maximum absolute atomic E-state index is 9.66. The summed E-state index contributed by atoms with van der Waals surface area (Å²) >= 11 is 0. The summed E-state index contributed by atoms with van der Waals surface area (Å²) in [7, 11) is 0. The van der Waals surface area contributed by atoms with Crippen molar-refractivity contribution in [3.63, 3.8) is 0 Å². The first-order valence-corrected chi connectivity index (χ1v) is 3.66. The minimum absolute atomic E-state index is 0.172. The molecule has 1 aliphatic carbocycles. The molecule has 0 aromatic heterocycles. The van der Waals surface area contributed by atoms with E-state index in [9.17, 15) is 5.11 Å². The van der Waals surface area contributed by atoms with Gasteiger partial charge in [0, 0.05) is 12.5 Å². The summed E-state index contributed by atoms with van der Waals surface area (Å²) in [5.74, 6) is 2.79. The molecule has 0 aliphatic heterocycles. The summed E-state index contributed by atoms with van der Waals surface area (Å²) in [6.07, 6.45) is 4.77. The van der Waals surface area contributed by atoms with Crippen molar-refractivity contribution in [3.05, 3.63) is 24.0 Å². The Labute approximate surface area is 71.4 Å². The van der Waals surface area contributed by atoms with E-state index in [0.29, 0.717) is 6.42 Å². The lowest BCUT2D eigenvalue weighted by atomic mass is 10.0. The lowest BCUT2D eigenvalue weighted by Gasteiger charge is -2.24. The Bertz CT molecular complexity index is 283. The van der Waals surface area contributed by atoms with Crippen LogP contribution in [0.1, 0.15) is 13.3 Å². The highest BCUT2D eigenvalue weighted by molar-refractivity contribution is 5.23. The van der Waals surface area contributed by atoms with Crippen molar-refractivity contribution < 1.29 is 10.2 Å².